The molecule has 12 aromatic rings. The summed E-state index contributed by atoms with van der Waals surface area (Å²) >= 11 is 0. The summed E-state index contributed by atoms with van der Waals surface area (Å²) in [5, 5.41) is 7.95. The van der Waals surface area contributed by atoms with Gasteiger partial charge in [0.25, 0.3) is 0 Å². The van der Waals surface area contributed by atoms with Gasteiger partial charge in [-0.3, -0.25) is 0 Å². The molecule has 13 rings (SSSR count). The Morgan fingerprint density at radius 1 is 0.243 bits per heavy atom. The zero-order chi connectivity index (χ0) is 50.9. The van der Waals surface area contributed by atoms with Gasteiger partial charge >= 0.3 is 0 Å². The molecule has 0 saturated carbocycles. The van der Waals surface area contributed by atoms with E-state index in [0.29, 0.717) is 0 Å². The number of unbranched alkanes of at least 4 members (excludes halogenated alkanes) is 1. The molecule has 0 aromatic heterocycles. The number of hydrogen-bond acceptors (Lipinski definition) is 0. The molecule has 0 bridgehead atoms. The van der Waals surface area contributed by atoms with Gasteiger partial charge in [-0.15, -0.1) is 0 Å². The third-order valence-electron chi connectivity index (χ3n) is 14.6. The van der Waals surface area contributed by atoms with E-state index in [0.717, 1.165) is 0 Å². The van der Waals surface area contributed by atoms with Crippen LogP contribution in [0.1, 0.15) is 65.6 Å². The van der Waals surface area contributed by atoms with Crippen LogP contribution in [0, 0.1) is 20.8 Å². The van der Waals surface area contributed by atoms with Crippen molar-refractivity contribution in [2.24, 2.45) is 0 Å². The van der Waals surface area contributed by atoms with Crippen molar-refractivity contribution in [3.63, 3.8) is 0 Å². The van der Waals surface area contributed by atoms with Crippen molar-refractivity contribution in [1.82, 2.24) is 0 Å². The Bertz CT molecular complexity index is 3710. The fourth-order valence-corrected chi connectivity index (χ4v) is 10.6. The lowest BCUT2D eigenvalue weighted by Gasteiger charge is -2.34. The number of hydrogen-bond donors (Lipinski definition) is 0. The van der Waals surface area contributed by atoms with Gasteiger partial charge in [0.2, 0.25) is 0 Å². The molecule has 0 fully saturated rings. The van der Waals surface area contributed by atoms with E-state index in [1.54, 1.807) is 0 Å². The zero-order valence-electron chi connectivity index (χ0n) is 43.4. The highest BCUT2D eigenvalue weighted by Crippen LogP contribution is 2.56. The summed E-state index contributed by atoms with van der Waals surface area (Å²) in [6, 6.07) is 98.6. The summed E-state index contributed by atoms with van der Waals surface area (Å²) in [6.45, 7) is 10.8. The molecule has 1 aliphatic carbocycles. The molecule has 0 heteroatoms. The van der Waals surface area contributed by atoms with Crippen molar-refractivity contribution in [2.45, 2.75) is 52.9 Å². The van der Waals surface area contributed by atoms with Gasteiger partial charge in [0, 0.05) is 0 Å². The third kappa shape index (κ3) is 9.97. The van der Waals surface area contributed by atoms with Crippen LogP contribution >= 0.6 is 0 Å². The molecule has 0 aliphatic heterocycles. The van der Waals surface area contributed by atoms with Crippen LogP contribution < -0.4 is 0 Å². The Balaban J connectivity index is 0.000000124. The van der Waals surface area contributed by atoms with Crippen molar-refractivity contribution in [2.75, 3.05) is 0 Å². The van der Waals surface area contributed by atoms with E-state index in [2.05, 4.69) is 302 Å². The second-order valence-electron chi connectivity index (χ2n) is 19.6. The molecule has 360 valence electrons. The molecule has 0 saturated heterocycles. The highest BCUT2D eigenvalue weighted by atomic mass is 14.5. The molecule has 0 N–H and O–H groups in total. The molecule has 0 unspecified atom stereocenters. The Labute approximate surface area is 439 Å². The maximum absolute atomic E-state index is 2.37. The predicted octanol–water partition coefficient (Wildman–Crippen LogP) is 20.6. The highest BCUT2D eigenvalue weighted by molar-refractivity contribution is 6.25. The lowest BCUT2D eigenvalue weighted by atomic mass is 9.67. The van der Waals surface area contributed by atoms with Gasteiger partial charge in [-0.25, -0.2) is 0 Å². The second-order valence-corrected chi connectivity index (χ2v) is 19.6. The fourth-order valence-electron chi connectivity index (χ4n) is 10.6. The van der Waals surface area contributed by atoms with Crippen molar-refractivity contribution >= 4 is 32.3 Å². The summed E-state index contributed by atoms with van der Waals surface area (Å²) in [5.41, 5.74) is 19.3. The number of fused-ring (bicyclic) bond motifs is 9. The van der Waals surface area contributed by atoms with Gasteiger partial charge in [-0.05, 0) is 132 Å². The Hall–Kier alpha value is -8.58. The van der Waals surface area contributed by atoms with E-state index in [-0.39, 0.29) is 5.41 Å². The van der Waals surface area contributed by atoms with Crippen LogP contribution in [0.15, 0.2) is 273 Å². The maximum atomic E-state index is 2.37. The van der Waals surface area contributed by atoms with Gasteiger partial charge in [0.15, 0.2) is 0 Å². The van der Waals surface area contributed by atoms with E-state index < -0.39 is 0 Å². The molecule has 0 atom stereocenters. The monoisotopic (exact) mass is 953 g/mol. The lowest BCUT2D eigenvalue weighted by molar-refractivity contribution is 0.767. The Kier molecular flexibility index (Phi) is 14.9. The summed E-state index contributed by atoms with van der Waals surface area (Å²) in [5.74, 6) is 0. The van der Waals surface area contributed by atoms with Crippen molar-refractivity contribution in [1.29, 1.82) is 0 Å². The molecule has 0 heterocycles. The standard InChI is InChI=1S/C26H20.C25H18.C19H16.C4H10/c1-19-16-17-23-22-14-8-9-15-24(22)26(25(23)18-19,20-10-4-2-5-11-20)21-12-6-3-7-13-21;1-17-10-12-18(13-11-17)19-14-15-24-22-8-3-2-6-20(22)21-7-4-5-9-23(21)25(24)16-19;1-15-10-12-17(13-11-15)19-9-5-8-18(14-19)16-6-3-2-4-7-16;1-3-4-2/h2-18H,1H3;2-16H,1H3;2-14H,1H3;3-4H2,1-2H3. The first kappa shape index (κ1) is 49.0. The van der Waals surface area contributed by atoms with Crippen molar-refractivity contribution < 1.29 is 0 Å². The first-order chi connectivity index (χ1) is 36.4. The molecular formula is C74H64. The van der Waals surface area contributed by atoms with Crippen LogP contribution in [-0.4, -0.2) is 0 Å². The van der Waals surface area contributed by atoms with Gasteiger partial charge in [-0.2, -0.15) is 0 Å². The Morgan fingerprint density at radius 3 is 1.12 bits per heavy atom. The average molecular weight is 953 g/mol. The van der Waals surface area contributed by atoms with Crippen LogP contribution in [0.4, 0.5) is 0 Å². The molecule has 0 radical (unpaired) electrons. The van der Waals surface area contributed by atoms with Crippen LogP contribution in [0.5, 0.6) is 0 Å². The smallest absolute Gasteiger partial charge is 0.0654 e. The van der Waals surface area contributed by atoms with E-state index in [9.17, 15) is 0 Å². The summed E-state index contributed by atoms with van der Waals surface area (Å²) < 4.78 is 0. The summed E-state index contributed by atoms with van der Waals surface area (Å²) in [4.78, 5) is 0. The van der Waals surface area contributed by atoms with Crippen LogP contribution in [-0.2, 0) is 5.41 Å². The van der Waals surface area contributed by atoms with Gasteiger partial charge in [0.05, 0.1) is 5.41 Å². The third-order valence-corrected chi connectivity index (χ3v) is 14.6. The molecule has 1 aliphatic rings. The number of benzene rings is 12. The predicted molar refractivity (Wildman–Crippen MR) is 320 cm³/mol. The van der Waals surface area contributed by atoms with Crippen LogP contribution in [0.25, 0.3) is 76.8 Å². The SMILES string of the molecule is CCCC.Cc1ccc(-c2ccc3c4ccccc4c4ccccc4c3c2)cc1.Cc1ccc(-c2cccc(-c3ccccc3)c2)cc1.Cc1ccc2c(c1)C(c1ccccc1)(c1ccccc1)c1ccccc1-2. The number of aryl methyl sites for hydroxylation is 3. The minimum atomic E-state index is -0.263. The van der Waals surface area contributed by atoms with Crippen LogP contribution in [0.2, 0.25) is 0 Å². The Morgan fingerprint density at radius 2 is 0.608 bits per heavy atom. The first-order valence-electron chi connectivity index (χ1n) is 26.3. The van der Waals surface area contributed by atoms with E-state index in [1.807, 2.05) is 6.07 Å². The van der Waals surface area contributed by atoms with Crippen LogP contribution in [0.3, 0.4) is 0 Å². The van der Waals surface area contributed by atoms with E-state index in [4.69, 9.17) is 0 Å². The molecule has 74 heavy (non-hydrogen) atoms. The molecule has 0 spiro atoms. The quantitative estimate of drug-likeness (QED) is 0.146. The van der Waals surface area contributed by atoms with E-state index >= 15 is 0 Å². The molecule has 12 aromatic carbocycles. The zero-order valence-corrected chi connectivity index (χ0v) is 43.4. The first-order valence-corrected chi connectivity index (χ1v) is 26.3. The highest BCUT2D eigenvalue weighted by Gasteiger charge is 2.45. The van der Waals surface area contributed by atoms with Gasteiger partial charge in [-0.1, -0.05) is 304 Å². The minimum absolute atomic E-state index is 0.263. The maximum Gasteiger partial charge on any atom is 0.0713 e. The minimum Gasteiger partial charge on any atom is -0.0654 e. The van der Waals surface area contributed by atoms with E-state index in [1.165, 1.54) is 129 Å². The van der Waals surface area contributed by atoms with Gasteiger partial charge in [0.1, 0.15) is 0 Å². The van der Waals surface area contributed by atoms with Gasteiger partial charge < -0.3 is 0 Å². The number of rotatable bonds is 6. The second kappa shape index (κ2) is 22.5. The molecule has 0 nitrogen and oxygen atoms in total. The fraction of sp³-hybridized carbons (Fsp3) is 0.108. The summed E-state index contributed by atoms with van der Waals surface area (Å²) in [7, 11) is 0. The topological polar surface area (TPSA) is 0 Å². The average Bonchev–Trinajstić information content (AvgIpc) is 3.78. The largest absolute Gasteiger partial charge is 0.0713 e. The molecular weight excluding hydrogens is 889 g/mol. The molecule has 0 amide bonds. The lowest BCUT2D eigenvalue weighted by Crippen LogP contribution is -2.28. The van der Waals surface area contributed by atoms with Crippen molar-refractivity contribution in [3.05, 3.63) is 312 Å². The normalized spacial score (nSPS) is 11.8. The van der Waals surface area contributed by atoms with Crippen molar-refractivity contribution in [3.8, 4) is 44.5 Å². The summed E-state index contributed by atoms with van der Waals surface area (Å²) in [6.07, 6.45) is 2.64.